The van der Waals surface area contributed by atoms with Gasteiger partial charge in [-0.2, -0.15) is 13.2 Å². The van der Waals surface area contributed by atoms with E-state index in [1.165, 1.54) is 50.5 Å². The minimum Gasteiger partial charge on any atom is -0.351 e. The molecule has 2 N–H and O–H groups in total. The highest BCUT2D eigenvalue weighted by Crippen LogP contribution is 2.32. The van der Waals surface area contributed by atoms with Crippen LogP contribution in [0.5, 0.6) is 0 Å². The number of nitrogens with one attached hydrogen (secondary N) is 2. The molecule has 0 radical (unpaired) electrons. The molecule has 158 valence electrons. The van der Waals surface area contributed by atoms with Gasteiger partial charge in [0.1, 0.15) is 6.04 Å². The lowest BCUT2D eigenvalue weighted by Gasteiger charge is -2.22. The third-order valence-electron chi connectivity index (χ3n) is 4.13. The Morgan fingerprint density at radius 2 is 1.62 bits per heavy atom. The SMILES string of the molecule is CN(C)S(=O)(=O)c1ccccc1CNC(=O)CNC(c1ccccc1)C(F)(F)F. The molecule has 2 rings (SSSR count). The van der Waals surface area contributed by atoms with E-state index in [-0.39, 0.29) is 17.0 Å². The van der Waals surface area contributed by atoms with Crippen LogP contribution in [-0.4, -0.2) is 45.4 Å². The number of hydrogen-bond donors (Lipinski definition) is 2. The zero-order chi connectivity index (χ0) is 21.7. The number of halogens is 3. The van der Waals surface area contributed by atoms with Gasteiger partial charge in [0.05, 0.1) is 11.4 Å². The summed E-state index contributed by atoms with van der Waals surface area (Å²) in [5, 5.41) is 4.67. The Labute approximate surface area is 167 Å². The molecule has 10 heteroatoms. The van der Waals surface area contributed by atoms with E-state index < -0.39 is 34.7 Å². The second kappa shape index (κ2) is 9.38. The normalized spacial score (nSPS) is 13.3. The van der Waals surface area contributed by atoms with E-state index in [2.05, 4.69) is 10.6 Å². The summed E-state index contributed by atoms with van der Waals surface area (Å²) in [6.07, 6.45) is -4.58. The molecule has 0 fully saturated rings. The summed E-state index contributed by atoms with van der Waals surface area (Å²) in [7, 11) is -0.950. The molecule has 1 unspecified atom stereocenters. The van der Waals surface area contributed by atoms with Gasteiger partial charge in [0, 0.05) is 20.6 Å². The monoisotopic (exact) mass is 429 g/mol. The highest BCUT2D eigenvalue weighted by molar-refractivity contribution is 7.89. The smallest absolute Gasteiger partial charge is 0.351 e. The minimum absolute atomic E-state index is 0.00442. The standard InChI is InChI=1S/C19H22F3N3O3S/c1-25(2)29(27,28)16-11-7-6-10-15(16)12-23-17(26)13-24-18(19(20,21)22)14-8-4-3-5-9-14/h3-11,18,24H,12-13H2,1-2H3,(H,23,26). The summed E-state index contributed by atoms with van der Waals surface area (Å²) in [4.78, 5) is 12.1. The lowest BCUT2D eigenvalue weighted by atomic mass is 10.1. The van der Waals surface area contributed by atoms with Crippen molar-refractivity contribution in [1.82, 2.24) is 14.9 Å². The predicted molar refractivity (Wildman–Crippen MR) is 102 cm³/mol. The summed E-state index contributed by atoms with van der Waals surface area (Å²) < 4.78 is 65.7. The fraction of sp³-hybridized carbons (Fsp3) is 0.316. The first kappa shape index (κ1) is 22.9. The second-order valence-corrected chi connectivity index (χ2v) is 8.56. The molecule has 0 aliphatic rings. The topological polar surface area (TPSA) is 78.5 Å². The zero-order valence-corrected chi connectivity index (χ0v) is 16.7. The molecule has 6 nitrogen and oxygen atoms in total. The van der Waals surface area contributed by atoms with E-state index in [0.29, 0.717) is 5.56 Å². The van der Waals surface area contributed by atoms with Crippen molar-refractivity contribution < 1.29 is 26.4 Å². The van der Waals surface area contributed by atoms with E-state index in [1.54, 1.807) is 18.2 Å². The second-order valence-electron chi connectivity index (χ2n) is 6.44. The van der Waals surface area contributed by atoms with E-state index >= 15 is 0 Å². The van der Waals surface area contributed by atoms with E-state index in [0.717, 1.165) is 4.31 Å². The van der Waals surface area contributed by atoms with Crippen LogP contribution in [-0.2, 0) is 21.4 Å². The minimum atomic E-state index is -4.58. The van der Waals surface area contributed by atoms with Crippen LogP contribution in [0.15, 0.2) is 59.5 Å². The lowest BCUT2D eigenvalue weighted by Crippen LogP contribution is -2.40. The molecule has 0 spiro atoms. The molecule has 0 aliphatic heterocycles. The van der Waals surface area contributed by atoms with Gasteiger partial charge in [-0.3, -0.25) is 10.1 Å². The quantitative estimate of drug-likeness (QED) is 0.676. The summed E-state index contributed by atoms with van der Waals surface area (Å²) in [5.41, 5.74) is 0.334. The predicted octanol–water partition coefficient (Wildman–Crippen LogP) is 2.45. The third-order valence-corrected chi connectivity index (χ3v) is 6.05. The largest absolute Gasteiger partial charge is 0.407 e. The Hall–Kier alpha value is -2.43. The third kappa shape index (κ3) is 6.02. The summed E-state index contributed by atoms with van der Waals surface area (Å²) in [6.45, 7) is -0.715. The number of alkyl halides is 3. The lowest BCUT2D eigenvalue weighted by molar-refractivity contribution is -0.158. The Balaban J connectivity index is 2.04. The number of carbonyl (C=O) groups is 1. The molecule has 0 saturated carbocycles. The van der Waals surface area contributed by atoms with Crippen molar-refractivity contribution >= 4 is 15.9 Å². The van der Waals surface area contributed by atoms with Gasteiger partial charge in [0.15, 0.2) is 0 Å². The number of sulfonamides is 1. The maximum atomic E-state index is 13.3. The number of nitrogens with zero attached hydrogens (tertiary/aromatic N) is 1. The number of carbonyl (C=O) groups excluding carboxylic acids is 1. The maximum Gasteiger partial charge on any atom is 0.407 e. The van der Waals surface area contributed by atoms with Gasteiger partial charge < -0.3 is 5.32 Å². The van der Waals surface area contributed by atoms with Crippen molar-refractivity contribution in [1.29, 1.82) is 0 Å². The Morgan fingerprint density at radius 3 is 2.21 bits per heavy atom. The maximum absolute atomic E-state index is 13.3. The van der Waals surface area contributed by atoms with Gasteiger partial charge in [-0.1, -0.05) is 48.5 Å². The van der Waals surface area contributed by atoms with E-state index in [1.807, 2.05) is 0 Å². The Morgan fingerprint density at radius 1 is 1.03 bits per heavy atom. The van der Waals surface area contributed by atoms with Crippen LogP contribution in [0.2, 0.25) is 0 Å². The molecule has 1 amide bonds. The highest BCUT2D eigenvalue weighted by atomic mass is 32.2. The van der Waals surface area contributed by atoms with Crippen molar-refractivity contribution in [3.05, 3.63) is 65.7 Å². The van der Waals surface area contributed by atoms with Gasteiger partial charge in [-0.05, 0) is 17.2 Å². The molecule has 1 atom stereocenters. The molecule has 2 aromatic rings. The molecule has 0 aliphatic carbocycles. The molecule has 0 saturated heterocycles. The zero-order valence-electron chi connectivity index (χ0n) is 15.9. The van der Waals surface area contributed by atoms with Crippen molar-refractivity contribution in [2.24, 2.45) is 0 Å². The molecule has 29 heavy (non-hydrogen) atoms. The van der Waals surface area contributed by atoms with Crippen LogP contribution < -0.4 is 10.6 Å². The van der Waals surface area contributed by atoms with Gasteiger partial charge >= 0.3 is 6.18 Å². The first-order valence-corrected chi connectivity index (χ1v) is 10.1. The van der Waals surface area contributed by atoms with Crippen LogP contribution in [0, 0.1) is 0 Å². The average Bonchev–Trinajstić information content (AvgIpc) is 2.66. The number of benzene rings is 2. The van der Waals surface area contributed by atoms with Crippen LogP contribution in [0.25, 0.3) is 0 Å². The van der Waals surface area contributed by atoms with Crippen molar-refractivity contribution in [3.8, 4) is 0 Å². The Kier molecular flexibility index (Phi) is 7.39. The summed E-state index contributed by atoms with van der Waals surface area (Å²) in [5.74, 6) is -0.688. The van der Waals surface area contributed by atoms with Gasteiger partial charge in [-0.25, -0.2) is 12.7 Å². The van der Waals surface area contributed by atoms with Crippen LogP contribution in [0.4, 0.5) is 13.2 Å². The fourth-order valence-corrected chi connectivity index (χ4v) is 3.73. The molecular formula is C19H22F3N3O3S. The van der Waals surface area contributed by atoms with Gasteiger partial charge in [0.2, 0.25) is 15.9 Å². The molecule has 0 bridgehead atoms. The van der Waals surface area contributed by atoms with E-state index in [4.69, 9.17) is 0 Å². The summed E-state index contributed by atoms with van der Waals surface area (Å²) in [6, 6.07) is 11.3. The number of amides is 1. The molecule has 0 heterocycles. The van der Waals surface area contributed by atoms with Crippen LogP contribution in [0.1, 0.15) is 17.2 Å². The van der Waals surface area contributed by atoms with Gasteiger partial charge in [-0.15, -0.1) is 0 Å². The van der Waals surface area contributed by atoms with Gasteiger partial charge in [0.25, 0.3) is 0 Å². The average molecular weight is 429 g/mol. The fourth-order valence-electron chi connectivity index (χ4n) is 2.62. The first-order valence-electron chi connectivity index (χ1n) is 8.65. The first-order chi connectivity index (χ1) is 13.5. The van der Waals surface area contributed by atoms with E-state index in [9.17, 15) is 26.4 Å². The van der Waals surface area contributed by atoms with Crippen molar-refractivity contribution in [2.45, 2.75) is 23.7 Å². The van der Waals surface area contributed by atoms with Crippen LogP contribution in [0.3, 0.4) is 0 Å². The molecule has 2 aromatic carbocycles. The van der Waals surface area contributed by atoms with Crippen molar-refractivity contribution in [3.63, 3.8) is 0 Å². The molecule has 0 aromatic heterocycles. The highest BCUT2D eigenvalue weighted by Gasteiger charge is 2.40. The number of rotatable bonds is 8. The van der Waals surface area contributed by atoms with Crippen molar-refractivity contribution in [2.75, 3.05) is 20.6 Å². The van der Waals surface area contributed by atoms with Crippen LogP contribution >= 0.6 is 0 Å². The molecular weight excluding hydrogens is 407 g/mol. The summed E-state index contributed by atoms with van der Waals surface area (Å²) >= 11 is 0. The number of hydrogen-bond acceptors (Lipinski definition) is 4. The Bertz CT molecular complexity index is 932.